The lowest BCUT2D eigenvalue weighted by Gasteiger charge is -2.37. The molecule has 1 atom stereocenters. The summed E-state index contributed by atoms with van der Waals surface area (Å²) in [5.41, 5.74) is 4.66. The topological polar surface area (TPSA) is 26.5 Å². The molecule has 0 aliphatic heterocycles. The first-order valence-electron chi connectivity index (χ1n) is 12.4. The SMILES string of the molecule is CCn1c2ccccc2c2cc(P(=Nc3ccc(C)cc3)(Oc3cccc(Br)c3)C(C)(C)C)ccc21.[Cl-]. The molecule has 0 aliphatic rings. The van der Waals surface area contributed by atoms with Gasteiger partial charge in [0.05, 0.1) is 5.69 Å². The number of aryl methyl sites for hydroxylation is 2. The van der Waals surface area contributed by atoms with Crippen LogP contribution in [-0.4, -0.2) is 9.72 Å². The van der Waals surface area contributed by atoms with Crippen LogP contribution in [0.3, 0.4) is 0 Å². The molecule has 0 saturated heterocycles. The summed E-state index contributed by atoms with van der Waals surface area (Å²) in [6, 6.07) is 32.0. The average molecular weight is 595 g/mol. The third-order valence-corrected chi connectivity index (χ3v) is 10.9. The van der Waals surface area contributed by atoms with Gasteiger partial charge in [0.15, 0.2) is 7.28 Å². The number of hydrogen-bond acceptors (Lipinski definition) is 2. The molecule has 3 nitrogen and oxygen atoms in total. The molecule has 37 heavy (non-hydrogen) atoms. The third-order valence-electron chi connectivity index (χ3n) is 6.66. The van der Waals surface area contributed by atoms with Crippen molar-refractivity contribution in [1.29, 1.82) is 0 Å². The van der Waals surface area contributed by atoms with Crippen molar-refractivity contribution >= 4 is 56.0 Å². The number of hydrogen-bond donors (Lipinski definition) is 0. The summed E-state index contributed by atoms with van der Waals surface area (Å²) in [4.78, 5) is 0. The smallest absolute Gasteiger partial charge is 0.173 e. The zero-order valence-corrected chi connectivity index (χ0v) is 25.1. The van der Waals surface area contributed by atoms with Crippen LogP contribution in [-0.2, 0) is 6.54 Å². The summed E-state index contributed by atoms with van der Waals surface area (Å²) in [7, 11) is -2.60. The lowest BCUT2D eigenvalue weighted by Crippen LogP contribution is -3.00. The van der Waals surface area contributed by atoms with Crippen LogP contribution in [0.2, 0.25) is 0 Å². The molecule has 1 unspecified atom stereocenters. The van der Waals surface area contributed by atoms with Gasteiger partial charge in [0.2, 0.25) is 0 Å². The molecule has 1 aromatic heterocycles. The molecule has 4 aromatic carbocycles. The van der Waals surface area contributed by atoms with Gasteiger partial charge in [-0.2, -0.15) is 0 Å². The van der Waals surface area contributed by atoms with Crippen LogP contribution in [0.1, 0.15) is 33.3 Å². The highest BCUT2D eigenvalue weighted by atomic mass is 79.9. The normalized spacial score (nSPS) is 13.2. The van der Waals surface area contributed by atoms with Crippen molar-refractivity contribution in [2.24, 2.45) is 4.74 Å². The van der Waals surface area contributed by atoms with Gasteiger partial charge in [-0.15, -0.1) is 0 Å². The van der Waals surface area contributed by atoms with E-state index in [1.54, 1.807) is 0 Å². The second-order valence-electron chi connectivity index (χ2n) is 10.2. The summed E-state index contributed by atoms with van der Waals surface area (Å²) in [6.45, 7) is 12.0. The molecule has 0 fully saturated rings. The number of nitrogens with zero attached hydrogens (tertiary/aromatic N) is 2. The van der Waals surface area contributed by atoms with Crippen LogP contribution in [0.25, 0.3) is 21.8 Å². The molecule has 0 aliphatic carbocycles. The van der Waals surface area contributed by atoms with E-state index in [4.69, 9.17) is 9.27 Å². The quantitative estimate of drug-likeness (QED) is 0.205. The molecule has 1 heterocycles. The lowest BCUT2D eigenvalue weighted by molar-refractivity contribution is -0.00000796. The second-order valence-corrected chi connectivity index (χ2v) is 14.5. The maximum atomic E-state index is 7.07. The summed E-state index contributed by atoms with van der Waals surface area (Å²) >= 11 is 3.62. The van der Waals surface area contributed by atoms with E-state index < -0.39 is 7.28 Å². The van der Waals surface area contributed by atoms with E-state index in [1.165, 1.54) is 27.4 Å². The van der Waals surface area contributed by atoms with Crippen molar-refractivity contribution in [3.05, 3.63) is 101 Å². The second kappa shape index (κ2) is 10.7. The standard InChI is InChI=1S/C31H32BrN2OP.ClH/c1-6-34-29-13-8-7-12-27(29)28-21-26(18-19-30(28)34)36(31(3,4)5,33-24-16-14-22(2)15-17-24)35-25-11-9-10-23(32)20-25;/h7-21H,6H2,1-5H3;1H/p-1. The molecular formula is C31H32BrClN2OP-. The van der Waals surface area contributed by atoms with E-state index in [0.29, 0.717) is 0 Å². The molecule has 5 rings (SSSR count). The fourth-order valence-electron chi connectivity index (χ4n) is 4.83. The van der Waals surface area contributed by atoms with Gasteiger partial charge in [-0.25, -0.2) is 4.74 Å². The minimum atomic E-state index is -2.60. The molecule has 6 heteroatoms. The molecule has 5 aromatic rings. The van der Waals surface area contributed by atoms with Crippen molar-refractivity contribution < 1.29 is 16.9 Å². The molecule has 0 saturated carbocycles. The lowest BCUT2D eigenvalue weighted by atomic mass is 10.1. The highest BCUT2D eigenvalue weighted by Gasteiger charge is 2.39. The maximum absolute atomic E-state index is 7.07. The molecular weight excluding hydrogens is 563 g/mol. The first-order valence-corrected chi connectivity index (χ1v) is 14.8. The number of rotatable bonds is 5. The highest BCUT2D eigenvalue weighted by molar-refractivity contribution is 9.10. The van der Waals surface area contributed by atoms with Crippen LogP contribution in [0.4, 0.5) is 5.69 Å². The van der Waals surface area contributed by atoms with Gasteiger partial charge in [-0.3, -0.25) is 0 Å². The van der Waals surface area contributed by atoms with E-state index in [-0.39, 0.29) is 17.6 Å². The van der Waals surface area contributed by atoms with Gasteiger partial charge in [0, 0.05) is 43.3 Å². The summed E-state index contributed by atoms with van der Waals surface area (Å²) < 4.78 is 15.9. The Kier molecular flexibility index (Phi) is 7.95. The van der Waals surface area contributed by atoms with Crippen molar-refractivity contribution in [3.8, 4) is 5.75 Å². The maximum Gasteiger partial charge on any atom is 0.173 e. The Labute approximate surface area is 234 Å². The Morgan fingerprint density at radius 2 is 1.54 bits per heavy atom. The Morgan fingerprint density at radius 1 is 0.838 bits per heavy atom. The summed E-state index contributed by atoms with van der Waals surface area (Å²) in [6.07, 6.45) is 0. The minimum absolute atomic E-state index is 0. The Hall–Kier alpha value is -2.52. The molecule has 0 spiro atoms. The van der Waals surface area contributed by atoms with Crippen LogP contribution in [0.5, 0.6) is 5.75 Å². The number of benzene rings is 4. The van der Waals surface area contributed by atoms with Crippen LogP contribution >= 0.6 is 23.2 Å². The van der Waals surface area contributed by atoms with E-state index >= 15 is 0 Å². The van der Waals surface area contributed by atoms with Gasteiger partial charge < -0.3 is 21.5 Å². The summed E-state index contributed by atoms with van der Waals surface area (Å²) in [5, 5.41) is 3.40. The monoisotopic (exact) mass is 593 g/mol. The third kappa shape index (κ3) is 5.12. The fourth-order valence-corrected chi connectivity index (χ4v) is 8.27. The molecule has 0 radical (unpaired) electrons. The number of aromatic nitrogens is 1. The first-order chi connectivity index (χ1) is 17.2. The zero-order valence-electron chi connectivity index (χ0n) is 21.9. The Bertz CT molecular complexity index is 1620. The predicted octanol–water partition coefficient (Wildman–Crippen LogP) is 6.84. The van der Waals surface area contributed by atoms with Crippen LogP contribution in [0, 0.1) is 6.92 Å². The average Bonchev–Trinajstić information content (AvgIpc) is 3.17. The summed E-state index contributed by atoms with van der Waals surface area (Å²) in [5.74, 6) is 0.819. The number of fused-ring (bicyclic) bond motifs is 3. The number of para-hydroxylation sites is 1. The molecule has 0 amide bonds. The molecule has 0 bridgehead atoms. The Morgan fingerprint density at radius 3 is 2.22 bits per heavy atom. The van der Waals surface area contributed by atoms with E-state index in [9.17, 15) is 0 Å². The largest absolute Gasteiger partial charge is 1.00 e. The van der Waals surface area contributed by atoms with Crippen molar-refractivity contribution in [2.45, 2.75) is 46.3 Å². The zero-order chi connectivity index (χ0) is 25.5. The highest BCUT2D eigenvalue weighted by Crippen LogP contribution is 2.62. The van der Waals surface area contributed by atoms with Crippen molar-refractivity contribution in [3.63, 3.8) is 0 Å². The van der Waals surface area contributed by atoms with Crippen molar-refractivity contribution in [2.75, 3.05) is 0 Å². The van der Waals surface area contributed by atoms with Crippen LogP contribution < -0.4 is 22.2 Å². The predicted molar refractivity (Wildman–Crippen MR) is 159 cm³/mol. The number of halogens is 2. The fraction of sp³-hybridized carbons (Fsp3) is 0.226. The first kappa shape index (κ1) is 27.5. The van der Waals surface area contributed by atoms with Gasteiger partial charge >= 0.3 is 0 Å². The van der Waals surface area contributed by atoms with Crippen LogP contribution in [0.15, 0.2) is 100 Å². The van der Waals surface area contributed by atoms with E-state index in [1.807, 2.05) is 24.3 Å². The van der Waals surface area contributed by atoms with Gasteiger partial charge in [-0.05, 0) is 68.4 Å². The van der Waals surface area contributed by atoms with E-state index in [0.717, 1.165) is 27.8 Å². The molecule has 192 valence electrons. The molecule has 0 N–H and O–H groups in total. The van der Waals surface area contributed by atoms with E-state index in [2.05, 4.69) is 122 Å². The van der Waals surface area contributed by atoms with Crippen molar-refractivity contribution in [1.82, 2.24) is 4.57 Å². The van der Waals surface area contributed by atoms with Gasteiger partial charge in [0.1, 0.15) is 5.75 Å². The Balaban J connectivity index is 0.00000320. The minimum Gasteiger partial charge on any atom is -1.00 e. The van der Waals surface area contributed by atoms with Gasteiger partial charge in [0.25, 0.3) is 0 Å². The van der Waals surface area contributed by atoms with Gasteiger partial charge in [-0.1, -0.05) is 78.7 Å².